The van der Waals surface area contributed by atoms with Crippen molar-refractivity contribution in [3.05, 3.63) is 38.4 Å². The summed E-state index contributed by atoms with van der Waals surface area (Å²) in [7, 11) is 0. The average molecular weight is 393 g/mol. The smallest absolute Gasteiger partial charge is 0.306 e. The van der Waals surface area contributed by atoms with Crippen LogP contribution in [0, 0.1) is 0 Å². The number of thiophene rings is 2. The highest BCUT2D eigenvalue weighted by Gasteiger charge is 2.27. The number of ether oxygens (including phenoxy) is 1. The fourth-order valence-electron chi connectivity index (χ4n) is 2.96. The number of hydrogen-bond acceptors (Lipinski definition) is 6. The molecule has 1 aliphatic carbocycles. The Morgan fingerprint density at radius 2 is 2.15 bits per heavy atom. The summed E-state index contributed by atoms with van der Waals surface area (Å²) in [5.41, 5.74) is 7.89. The zero-order chi connectivity index (χ0) is 18.7. The summed E-state index contributed by atoms with van der Waals surface area (Å²) in [6, 6.07) is 1.95. The number of nitrogens with two attached hydrogens (primary N) is 1. The molecule has 26 heavy (non-hydrogen) atoms. The van der Waals surface area contributed by atoms with Crippen molar-refractivity contribution in [2.24, 2.45) is 5.73 Å². The summed E-state index contributed by atoms with van der Waals surface area (Å²) in [5.74, 6) is -1.43. The van der Waals surface area contributed by atoms with Gasteiger partial charge in [-0.05, 0) is 60.6 Å². The summed E-state index contributed by atoms with van der Waals surface area (Å²) >= 11 is 2.95. The molecule has 2 amide bonds. The lowest BCUT2D eigenvalue weighted by Crippen LogP contribution is -2.30. The van der Waals surface area contributed by atoms with Crippen LogP contribution in [-0.2, 0) is 33.6 Å². The molecule has 2 aromatic heterocycles. The number of aryl methyl sites for hydroxylation is 2. The van der Waals surface area contributed by atoms with Gasteiger partial charge in [0, 0.05) is 11.3 Å². The lowest BCUT2D eigenvalue weighted by Gasteiger charge is -2.13. The second-order valence-corrected chi connectivity index (χ2v) is 8.06. The van der Waals surface area contributed by atoms with E-state index in [9.17, 15) is 14.4 Å². The summed E-state index contributed by atoms with van der Waals surface area (Å²) in [5, 5.41) is 7.08. The molecule has 138 valence electrons. The number of anilines is 1. The molecule has 0 unspecified atom stereocenters. The highest BCUT2D eigenvalue weighted by atomic mass is 32.1. The number of fused-ring (bicyclic) bond motifs is 1. The molecule has 3 N–H and O–H groups in total. The molecule has 0 aromatic carbocycles. The first-order valence-corrected chi connectivity index (χ1v) is 10.2. The maximum atomic E-state index is 12.4. The van der Waals surface area contributed by atoms with Crippen molar-refractivity contribution in [1.29, 1.82) is 0 Å². The van der Waals surface area contributed by atoms with Crippen molar-refractivity contribution < 1.29 is 19.1 Å². The van der Waals surface area contributed by atoms with E-state index in [2.05, 4.69) is 5.32 Å². The zero-order valence-corrected chi connectivity index (χ0v) is 16.0. The van der Waals surface area contributed by atoms with Crippen LogP contribution < -0.4 is 11.1 Å². The molecule has 0 fully saturated rings. The SMILES string of the molecule is C[C@H](OC(=O)CCc1ccsc1)C(=O)Nc1sc2c(c1C(N)=O)CCC2. The third-order valence-electron chi connectivity index (χ3n) is 4.28. The van der Waals surface area contributed by atoms with E-state index in [1.54, 1.807) is 11.3 Å². The van der Waals surface area contributed by atoms with Gasteiger partial charge in [-0.25, -0.2) is 0 Å². The number of hydrogen-bond donors (Lipinski definition) is 2. The van der Waals surface area contributed by atoms with Gasteiger partial charge in [-0.15, -0.1) is 11.3 Å². The minimum atomic E-state index is -0.942. The second-order valence-electron chi connectivity index (χ2n) is 6.18. The number of nitrogens with one attached hydrogen (secondary N) is 1. The van der Waals surface area contributed by atoms with Crippen LogP contribution in [-0.4, -0.2) is 23.9 Å². The highest BCUT2D eigenvalue weighted by Crippen LogP contribution is 2.38. The minimum Gasteiger partial charge on any atom is -0.453 e. The molecule has 0 radical (unpaired) electrons. The van der Waals surface area contributed by atoms with Crippen molar-refractivity contribution in [1.82, 2.24) is 0 Å². The molecule has 0 bridgehead atoms. The summed E-state index contributed by atoms with van der Waals surface area (Å²) in [4.78, 5) is 37.1. The maximum Gasteiger partial charge on any atom is 0.306 e. The Bertz CT molecular complexity index is 827. The molecule has 0 spiro atoms. The van der Waals surface area contributed by atoms with Gasteiger partial charge in [-0.2, -0.15) is 11.3 Å². The van der Waals surface area contributed by atoms with Crippen LogP contribution in [0.15, 0.2) is 16.8 Å². The molecule has 1 aliphatic rings. The summed E-state index contributed by atoms with van der Waals surface area (Å²) in [6.07, 6.45) is 2.54. The van der Waals surface area contributed by atoms with Crippen LogP contribution in [0.4, 0.5) is 5.00 Å². The van der Waals surface area contributed by atoms with Crippen molar-refractivity contribution in [2.75, 3.05) is 5.32 Å². The topological polar surface area (TPSA) is 98.5 Å². The Kier molecular flexibility index (Phi) is 5.73. The van der Waals surface area contributed by atoms with E-state index in [1.165, 1.54) is 18.3 Å². The fraction of sp³-hybridized carbons (Fsp3) is 0.389. The van der Waals surface area contributed by atoms with Gasteiger partial charge in [0.15, 0.2) is 6.10 Å². The van der Waals surface area contributed by atoms with Gasteiger partial charge in [-0.3, -0.25) is 14.4 Å². The van der Waals surface area contributed by atoms with Crippen molar-refractivity contribution >= 4 is 45.5 Å². The Morgan fingerprint density at radius 1 is 1.35 bits per heavy atom. The molecule has 3 rings (SSSR count). The summed E-state index contributed by atoms with van der Waals surface area (Å²) in [6.45, 7) is 1.52. The lowest BCUT2D eigenvalue weighted by atomic mass is 10.1. The zero-order valence-electron chi connectivity index (χ0n) is 14.4. The molecule has 0 saturated heterocycles. The van der Waals surface area contributed by atoms with Gasteiger partial charge in [-0.1, -0.05) is 0 Å². The van der Waals surface area contributed by atoms with Crippen LogP contribution in [0.2, 0.25) is 0 Å². The fourth-order valence-corrected chi connectivity index (χ4v) is 4.96. The lowest BCUT2D eigenvalue weighted by molar-refractivity contribution is -0.153. The van der Waals surface area contributed by atoms with Crippen LogP contribution in [0.5, 0.6) is 0 Å². The van der Waals surface area contributed by atoms with Crippen molar-refractivity contribution in [2.45, 2.75) is 45.1 Å². The normalized spacial score (nSPS) is 13.9. The molecule has 0 saturated carbocycles. The van der Waals surface area contributed by atoms with E-state index in [4.69, 9.17) is 10.5 Å². The summed E-state index contributed by atoms with van der Waals surface area (Å²) < 4.78 is 5.20. The number of amides is 2. The number of esters is 1. The number of carbonyl (C=O) groups is 3. The first-order valence-electron chi connectivity index (χ1n) is 8.41. The monoisotopic (exact) mass is 392 g/mol. The number of primary amides is 1. The van der Waals surface area contributed by atoms with E-state index in [-0.39, 0.29) is 6.42 Å². The van der Waals surface area contributed by atoms with E-state index in [0.717, 1.165) is 35.3 Å². The molecule has 0 aliphatic heterocycles. The predicted molar refractivity (Wildman–Crippen MR) is 102 cm³/mol. The van der Waals surface area contributed by atoms with Gasteiger partial charge in [0.05, 0.1) is 5.56 Å². The largest absolute Gasteiger partial charge is 0.453 e. The predicted octanol–water partition coefficient (Wildman–Crippen LogP) is 2.90. The first-order chi connectivity index (χ1) is 12.5. The van der Waals surface area contributed by atoms with Crippen molar-refractivity contribution in [3.8, 4) is 0 Å². The van der Waals surface area contributed by atoms with Gasteiger partial charge in [0.1, 0.15) is 5.00 Å². The minimum absolute atomic E-state index is 0.216. The van der Waals surface area contributed by atoms with Gasteiger partial charge >= 0.3 is 5.97 Å². The second kappa shape index (κ2) is 8.01. The third kappa shape index (κ3) is 4.13. The van der Waals surface area contributed by atoms with Crippen LogP contribution >= 0.6 is 22.7 Å². The van der Waals surface area contributed by atoms with E-state index in [1.807, 2.05) is 16.8 Å². The van der Waals surface area contributed by atoms with E-state index in [0.29, 0.717) is 17.0 Å². The molecular formula is C18H20N2O4S2. The first kappa shape index (κ1) is 18.6. The van der Waals surface area contributed by atoms with E-state index < -0.39 is 23.9 Å². The Hall–Kier alpha value is -2.19. The van der Waals surface area contributed by atoms with Gasteiger partial charge in [0.2, 0.25) is 0 Å². The maximum absolute atomic E-state index is 12.4. The van der Waals surface area contributed by atoms with Gasteiger partial charge in [0.25, 0.3) is 11.8 Å². The van der Waals surface area contributed by atoms with Crippen LogP contribution in [0.1, 0.15) is 46.1 Å². The van der Waals surface area contributed by atoms with Crippen LogP contribution in [0.25, 0.3) is 0 Å². The Labute approximate surface area is 159 Å². The standard InChI is InChI=1S/C18H20N2O4S2/c1-10(24-14(21)6-5-11-7-8-25-9-11)17(23)20-18-15(16(19)22)12-3-2-4-13(12)26-18/h7-10H,2-6H2,1H3,(H2,19,22)(H,20,23)/t10-/m0/s1. The van der Waals surface area contributed by atoms with Crippen molar-refractivity contribution in [3.63, 3.8) is 0 Å². The molecular weight excluding hydrogens is 372 g/mol. The van der Waals surface area contributed by atoms with E-state index >= 15 is 0 Å². The molecule has 6 nitrogen and oxygen atoms in total. The number of rotatable bonds is 7. The van der Waals surface area contributed by atoms with Crippen LogP contribution in [0.3, 0.4) is 0 Å². The molecule has 2 aromatic rings. The Morgan fingerprint density at radius 3 is 2.85 bits per heavy atom. The molecule has 2 heterocycles. The third-order valence-corrected chi connectivity index (χ3v) is 6.22. The van der Waals surface area contributed by atoms with Gasteiger partial charge < -0.3 is 15.8 Å². The highest BCUT2D eigenvalue weighted by molar-refractivity contribution is 7.17. The average Bonchev–Trinajstić information content (AvgIpc) is 3.29. The Balaban J connectivity index is 1.57. The molecule has 8 heteroatoms. The molecule has 1 atom stereocenters. The number of carbonyl (C=O) groups excluding carboxylic acids is 3. The quantitative estimate of drug-likeness (QED) is 0.708.